The van der Waals surface area contributed by atoms with E-state index in [0.29, 0.717) is 41.7 Å². The van der Waals surface area contributed by atoms with E-state index in [-0.39, 0.29) is 5.91 Å². The number of nitrogens with two attached hydrogens (primary N) is 1. The molecule has 2 saturated heterocycles. The van der Waals surface area contributed by atoms with E-state index in [0.717, 1.165) is 30.6 Å². The van der Waals surface area contributed by atoms with Gasteiger partial charge in [-0.25, -0.2) is 0 Å². The third-order valence-electron chi connectivity index (χ3n) is 7.03. The van der Waals surface area contributed by atoms with Crippen molar-refractivity contribution in [1.82, 2.24) is 14.4 Å². The lowest BCUT2D eigenvalue weighted by atomic mass is 10.0. The molecule has 2 aromatic rings. The molecular formula is C26H31N4O4. The molecule has 0 aliphatic carbocycles. The lowest BCUT2D eigenvalue weighted by molar-refractivity contribution is -0.136. The number of likely N-dealkylation sites (tertiary alicyclic amines) is 2. The molecule has 2 N–H and O–H groups in total. The molecule has 1 unspecified atom stereocenters. The molecule has 8 nitrogen and oxygen atoms in total. The Morgan fingerprint density at radius 3 is 2.29 bits per heavy atom. The van der Waals surface area contributed by atoms with Gasteiger partial charge in [-0.05, 0) is 56.2 Å². The van der Waals surface area contributed by atoms with Crippen molar-refractivity contribution in [3.8, 4) is 0 Å². The van der Waals surface area contributed by atoms with Crippen LogP contribution in [0, 0.1) is 32.1 Å². The van der Waals surface area contributed by atoms with Gasteiger partial charge in [0, 0.05) is 37.9 Å². The number of carbonyl (C=O) groups is 3. The first-order chi connectivity index (χ1) is 16.2. The Kier molecular flexibility index (Phi) is 6.97. The number of benzene rings is 1. The molecule has 0 bridgehead atoms. The molecule has 2 amide bonds. The lowest BCUT2D eigenvalue weighted by Crippen LogP contribution is -2.37. The van der Waals surface area contributed by atoms with Crippen LogP contribution in [0.2, 0.25) is 0 Å². The van der Waals surface area contributed by atoms with Gasteiger partial charge in [0.2, 0.25) is 5.78 Å². The maximum Gasteiger partial charge on any atom is 0.286 e. The van der Waals surface area contributed by atoms with Crippen molar-refractivity contribution in [1.29, 1.82) is 0 Å². The number of primary amides is 1. The number of rotatable bonds is 8. The number of amides is 2. The van der Waals surface area contributed by atoms with Gasteiger partial charge >= 0.3 is 0 Å². The predicted molar refractivity (Wildman–Crippen MR) is 128 cm³/mol. The molecule has 1 aromatic carbocycles. The molecule has 0 spiro atoms. The van der Waals surface area contributed by atoms with Crippen LogP contribution in [0.5, 0.6) is 0 Å². The fourth-order valence-corrected chi connectivity index (χ4v) is 5.26. The van der Waals surface area contributed by atoms with E-state index in [1.807, 2.05) is 23.1 Å². The van der Waals surface area contributed by atoms with Gasteiger partial charge in [0.15, 0.2) is 0 Å². The summed E-state index contributed by atoms with van der Waals surface area (Å²) in [7, 11) is 0. The number of hydrogen-bond donors (Lipinski definition) is 1. The molecular weight excluding hydrogens is 432 g/mol. The van der Waals surface area contributed by atoms with Crippen LogP contribution in [0.25, 0.3) is 0 Å². The van der Waals surface area contributed by atoms with Gasteiger partial charge in [0.1, 0.15) is 0 Å². The van der Waals surface area contributed by atoms with Crippen molar-refractivity contribution in [2.45, 2.75) is 26.8 Å². The molecule has 8 heteroatoms. The largest absolute Gasteiger partial charge is 0.363 e. The van der Waals surface area contributed by atoms with Gasteiger partial charge in [0.25, 0.3) is 17.4 Å². The fourth-order valence-electron chi connectivity index (χ4n) is 5.26. The summed E-state index contributed by atoms with van der Waals surface area (Å²) in [6.45, 7) is 7.22. The van der Waals surface area contributed by atoms with Crippen LogP contribution in [-0.2, 0) is 16.1 Å². The minimum Gasteiger partial charge on any atom is -0.363 e. The van der Waals surface area contributed by atoms with Crippen LogP contribution in [0.1, 0.15) is 33.6 Å². The number of carbonyl (C=O) groups excluding carboxylic acids is 3. The van der Waals surface area contributed by atoms with Crippen LogP contribution < -0.4 is 11.3 Å². The van der Waals surface area contributed by atoms with Crippen molar-refractivity contribution in [2.75, 3.05) is 32.7 Å². The number of fused-ring (bicyclic) bond motifs is 1. The highest BCUT2D eigenvalue weighted by Crippen LogP contribution is 2.32. The quantitative estimate of drug-likeness (QED) is 0.592. The minimum atomic E-state index is -1.10. The second kappa shape index (κ2) is 9.93. The number of nitrogens with zero attached hydrogens (tertiary/aromatic N) is 3. The monoisotopic (exact) mass is 463 g/mol. The topological polar surface area (TPSA) is 106 Å². The summed E-state index contributed by atoms with van der Waals surface area (Å²) in [5.74, 6) is -1.23. The Morgan fingerprint density at radius 2 is 1.68 bits per heavy atom. The van der Waals surface area contributed by atoms with Gasteiger partial charge in [-0.3, -0.25) is 19.2 Å². The Morgan fingerprint density at radius 1 is 1.03 bits per heavy atom. The Labute approximate surface area is 199 Å². The van der Waals surface area contributed by atoms with Crippen LogP contribution in [0.3, 0.4) is 0 Å². The zero-order valence-corrected chi connectivity index (χ0v) is 19.7. The summed E-state index contributed by atoms with van der Waals surface area (Å²) in [5.41, 5.74) is 7.25. The van der Waals surface area contributed by atoms with E-state index in [4.69, 9.17) is 5.73 Å². The first-order valence-electron chi connectivity index (χ1n) is 11.7. The third-order valence-corrected chi connectivity index (χ3v) is 7.03. The number of hydrogen-bond acceptors (Lipinski definition) is 5. The summed E-state index contributed by atoms with van der Waals surface area (Å²) in [6.07, 6.45) is 3.25. The van der Waals surface area contributed by atoms with Gasteiger partial charge in [-0.1, -0.05) is 30.3 Å². The first-order valence-corrected chi connectivity index (χ1v) is 11.7. The zero-order chi connectivity index (χ0) is 24.4. The van der Waals surface area contributed by atoms with Crippen LogP contribution in [-0.4, -0.2) is 64.7 Å². The summed E-state index contributed by atoms with van der Waals surface area (Å²) >= 11 is 0. The summed E-state index contributed by atoms with van der Waals surface area (Å²) in [5, 5.41) is 0. The molecule has 3 heterocycles. The fraction of sp³-hybridized carbons (Fsp3) is 0.423. The van der Waals surface area contributed by atoms with E-state index in [9.17, 15) is 19.2 Å². The zero-order valence-electron chi connectivity index (χ0n) is 19.7. The molecule has 2 aliphatic rings. The lowest BCUT2D eigenvalue weighted by Gasteiger charge is -2.24. The Balaban J connectivity index is 1.38. The van der Waals surface area contributed by atoms with E-state index in [2.05, 4.69) is 23.5 Å². The van der Waals surface area contributed by atoms with E-state index < -0.39 is 23.8 Å². The smallest absolute Gasteiger partial charge is 0.286 e. The molecule has 179 valence electrons. The van der Waals surface area contributed by atoms with Crippen LogP contribution >= 0.6 is 0 Å². The van der Waals surface area contributed by atoms with Gasteiger partial charge in [-0.2, -0.15) is 0 Å². The molecule has 4 rings (SSSR count). The Bertz CT molecular complexity index is 1140. The van der Waals surface area contributed by atoms with E-state index >= 15 is 0 Å². The minimum absolute atomic E-state index is 0.131. The third kappa shape index (κ3) is 4.97. The van der Waals surface area contributed by atoms with Crippen LogP contribution in [0.4, 0.5) is 0 Å². The number of aryl methyl sites for hydroxylation is 1. The highest BCUT2D eigenvalue weighted by atomic mass is 16.2. The molecule has 0 saturated carbocycles. The van der Waals surface area contributed by atoms with Gasteiger partial charge in [0.05, 0.1) is 12.1 Å². The molecule has 34 heavy (non-hydrogen) atoms. The van der Waals surface area contributed by atoms with E-state index in [1.165, 1.54) is 11.6 Å². The molecule has 2 atom stereocenters. The highest BCUT2D eigenvalue weighted by Gasteiger charge is 2.42. The van der Waals surface area contributed by atoms with Crippen molar-refractivity contribution in [2.24, 2.45) is 17.6 Å². The average molecular weight is 464 g/mol. The van der Waals surface area contributed by atoms with Gasteiger partial charge < -0.3 is 20.1 Å². The average Bonchev–Trinajstić information content (AvgIpc) is 3.36. The second-order valence-electron chi connectivity index (χ2n) is 9.39. The molecule has 2 aliphatic heterocycles. The SMILES string of the molecule is Cc1cc(=O)n(CC(=O)C(N)=O)c(C)c1C(=O)N1CC2CN(CC[CH]c3ccccc3)C[C@H]2C1. The number of pyridine rings is 1. The molecule has 1 radical (unpaired) electrons. The van der Waals surface area contributed by atoms with E-state index in [1.54, 1.807) is 13.8 Å². The number of aromatic nitrogens is 1. The standard InChI is InChI=1S/C26H31N4O4/c1-17-11-23(32)30(16-22(31)25(27)33)18(2)24(17)26(34)29-14-20-12-28(13-21(20)15-29)10-6-9-19-7-4-3-5-8-19/h3-5,7-9,11,20-21H,6,10,12-16H2,1-2H3,(H2,27,33)/t20-,21?/m0/s1. The Hall–Kier alpha value is -3.26. The molecule has 1 aromatic heterocycles. The predicted octanol–water partition coefficient (Wildman–Crippen LogP) is 1.17. The summed E-state index contributed by atoms with van der Waals surface area (Å²) in [6, 6.07) is 11.7. The maximum absolute atomic E-state index is 13.4. The highest BCUT2D eigenvalue weighted by molar-refractivity contribution is 6.35. The summed E-state index contributed by atoms with van der Waals surface area (Å²) < 4.78 is 1.16. The van der Waals surface area contributed by atoms with Crippen molar-refractivity contribution in [3.05, 3.63) is 75.6 Å². The van der Waals surface area contributed by atoms with Crippen LogP contribution in [0.15, 0.2) is 41.2 Å². The number of Topliss-reactive ketones (excluding diaryl/α,β-unsaturated/α-hetero) is 1. The molecule has 2 fully saturated rings. The number of ketones is 1. The van der Waals surface area contributed by atoms with Crippen molar-refractivity contribution < 1.29 is 14.4 Å². The van der Waals surface area contributed by atoms with Crippen molar-refractivity contribution >= 4 is 17.6 Å². The maximum atomic E-state index is 13.4. The summed E-state index contributed by atoms with van der Waals surface area (Å²) in [4.78, 5) is 53.2. The van der Waals surface area contributed by atoms with Crippen molar-refractivity contribution in [3.63, 3.8) is 0 Å². The first kappa shape index (κ1) is 23.9. The normalized spacial score (nSPS) is 19.9. The van der Waals surface area contributed by atoms with Gasteiger partial charge in [-0.15, -0.1) is 0 Å². The second-order valence-corrected chi connectivity index (χ2v) is 9.39.